The van der Waals surface area contributed by atoms with E-state index in [1.54, 1.807) is 0 Å². The van der Waals surface area contributed by atoms with Crippen LogP contribution in [0.2, 0.25) is 5.02 Å². The van der Waals surface area contributed by atoms with Crippen molar-refractivity contribution in [2.24, 2.45) is 0 Å². The number of carbonyl (C=O) groups excluding carboxylic acids is 1. The summed E-state index contributed by atoms with van der Waals surface area (Å²) in [5.41, 5.74) is 3.76. The number of hydrogen-bond acceptors (Lipinski definition) is 4. The van der Waals surface area contributed by atoms with Gasteiger partial charge < -0.3 is 4.74 Å². The fourth-order valence-corrected chi connectivity index (χ4v) is 3.27. The van der Waals surface area contributed by atoms with E-state index in [2.05, 4.69) is 10.3 Å². The molecule has 0 unspecified atom stereocenters. The van der Waals surface area contributed by atoms with Gasteiger partial charge in [-0.15, -0.1) is 11.3 Å². The van der Waals surface area contributed by atoms with Crippen molar-refractivity contribution in [3.8, 4) is 17.0 Å². The van der Waals surface area contributed by atoms with E-state index >= 15 is 0 Å². The molecule has 0 aliphatic heterocycles. The Hall–Kier alpha value is -2.37. The third kappa shape index (κ3) is 4.38. The van der Waals surface area contributed by atoms with Crippen LogP contribution >= 0.6 is 22.9 Å². The number of ether oxygens (including phenoxy) is 1. The largest absolute Gasteiger partial charge is 0.483 e. The number of hydrogen-bond donors (Lipinski definition) is 1. The molecule has 0 bridgehead atoms. The van der Waals surface area contributed by atoms with E-state index in [0.29, 0.717) is 10.2 Å². The van der Waals surface area contributed by atoms with Crippen molar-refractivity contribution in [2.75, 3.05) is 11.9 Å². The Kier molecular flexibility index (Phi) is 5.36. The van der Waals surface area contributed by atoms with Gasteiger partial charge in [-0.2, -0.15) is 0 Å². The molecule has 0 saturated carbocycles. The van der Waals surface area contributed by atoms with Crippen LogP contribution in [-0.2, 0) is 4.79 Å². The average Bonchev–Trinajstić information content (AvgIpc) is 3.03. The molecule has 0 atom stereocenters. The molecule has 0 aliphatic carbocycles. The molecule has 6 heteroatoms. The lowest BCUT2D eigenvalue weighted by atomic mass is 10.1. The molecule has 1 N–H and O–H groups in total. The van der Waals surface area contributed by atoms with Crippen LogP contribution < -0.4 is 10.1 Å². The lowest BCUT2D eigenvalue weighted by Gasteiger charge is -2.11. The molecular formula is C19H17ClN2O2S. The van der Waals surface area contributed by atoms with Gasteiger partial charge in [-0.1, -0.05) is 41.9 Å². The monoisotopic (exact) mass is 372 g/mol. The molecule has 3 aromatic rings. The highest BCUT2D eigenvalue weighted by molar-refractivity contribution is 7.14. The normalized spacial score (nSPS) is 10.5. The number of halogens is 1. The van der Waals surface area contributed by atoms with E-state index in [1.807, 2.05) is 61.7 Å². The fourth-order valence-electron chi connectivity index (χ4n) is 2.40. The summed E-state index contributed by atoms with van der Waals surface area (Å²) < 4.78 is 5.66. The van der Waals surface area contributed by atoms with E-state index in [0.717, 1.165) is 28.1 Å². The van der Waals surface area contributed by atoms with Crippen LogP contribution in [0.5, 0.6) is 5.75 Å². The predicted molar refractivity (Wildman–Crippen MR) is 103 cm³/mol. The van der Waals surface area contributed by atoms with Crippen molar-refractivity contribution in [1.82, 2.24) is 4.98 Å². The minimum Gasteiger partial charge on any atom is -0.483 e. The Bertz CT molecular complexity index is 870. The first-order valence-electron chi connectivity index (χ1n) is 7.73. The molecule has 0 spiro atoms. The zero-order chi connectivity index (χ0) is 17.8. The molecule has 128 valence electrons. The topological polar surface area (TPSA) is 51.2 Å². The van der Waals surface area contributed by atoms with Crippen molar-refractivity contribution in [1.29, 1.82) is 0 Å². The molecule has 0 radical (unpaired) electrons. The standard InChI is InChI=1S/C19H17ClN2O2S/c1-12-4-3-5-13(2)18(12)24-10-17(23)22-19-21-16(11-25-19)14-6-8-15(20)9-7-14/h3-9,11H,10H2,1-2H3,(H,21,22,23). The molecule has 1 heterocycles. The van der Waals surface area contributed by atoms with Crippen molar-refractivity contribution >= 4 is 34.0 Å². The molecule has 1 aromatic heterocycles. The summed E-state index contributed by atoms with van der Waals surface area (Å²) >= 11 is 7.27. The van der Waals surface area contributed by atoms with Gasteiger partial charge in [0, 0.05) is 16.0 Å². The number of carbonyl (C=O) groups is 1. The summed E-state index contributed by atoms with van der Waals surface area (Å²) in [5.74, 6) is 0.512. The number of aryl methyl sites for hydroxylation is 2. The van der Waals surface area contributed by atoms with Crippen LogP contribution in [0.1, 0.15) is 11.1 Å². The van der Waals surface area contributed by atoms with Gasteiger partial charge >= 0.3 is 0 Å². The highest BCUT2D eigenvalue weighted by Crippen LogP contribution is 2.26. The number of thiazole rings is 1. The predicted octanol–water partition coefficient (Wildman–Crippen LogP) is 5.10. The maximum absolute atomic E-state index is 12.1. The van der Waals surface area contributed by atoms with Crippen molar-refractivity contribution in [2.45, 2.75) is 13.8 Å². The van der Waals surface area contributed by atoms with E-state index in [9.17, 15) is 4.79 Å². The zero-order valence-electron chi connectivity index (χ0n) is 13.9. The van der Waals surface area contributed by atoms with Crippen LogP contribution in [0.4, 0.5) is 5.13 Å². The number of nitrogens with zero attached hydrogens (tertiary/aromatic N) is 1. The van der Waals surface area contributed by atoms with Gasteiger partial charge in [-0.05, 0) is 37.1 Å². The molecule has 1 amide bonds. The molecule has 25 heavy (non-hydrogen) atoms. The first-order chi connectivity index (χ1) is 12.0. The van der Waals surface area contributed by atoms with E-state index in [1.165, 1.54) is 11.3 Å². The molecule has 4 nitrogen and oxygen atoms in total. The minimum atomic E-state index is -0.236. The summed E-state index contributed by atoms with van der Waals surface area (Å²) in [6.45, 7) is 3.86. The van der Waals surface area contributed by atoms with Crippen molar-refractivity contribution in [3.05, 3.63) is 64.0 Å². The molecular weight excluding hydrogens is 356 g/mol. The Morgan fingerprint density at radius 2 is 1.84 bits per heavy atom. The second-order valence-electron chi connectivity index (χ2n) is 5.60. The van der Waals surface area contributed by atoms with Gasteiger partial charge in [0.1, 0.15) is 5.75 Å². The fraction of sp³-hybridized carbons (Fsp3) is 0.158. The molecule has 0 fully saturated rings. The summed E-state index contributed by atoms with van der Waals surface area (Å²) in [4.78, 5) is 16.5. The summed E-state index contributed by atoms with van der Waals surface area (Å²) in [6.07, 6.45) is 0. The SMILES string of the molecule is Cc1cccc(C)c1OCC(=O)Nc1nc(-c2ccc(Cl)cc2)cs1. The lowest BCUT2D eigenvalue weighted by molar-refractivity contribution is -0.118. The third-order valence-corrected chi connectivity index (χ3v) is 4.66. The number of amides is 1. The average molecular weight is 373 g/mol. The van der Waals surface area contributed by atoms with Crippen LogP contribution in [0, 0.1) is 13.8 Å². The number of benzene rings is 2. The van der Waals surface area contributed by atoms with Crippen LogP contribution in [0.15, 0.2) is 47.8 Å². The Labute approximate surface area is 155 Å². The van der Waals surface area contributed by atoms with E-state index in [-0.39, 0.29) is 12.5 Å². The van der Waals surface area contributed by atoms with Gasteiger partial charge in [0.25, 0.3) is 5.91 Å². The third-order valence-electron chi connectivity index (χ3n) is 3.65. The maximum atomic E-state index is 12.1. The van der Waals surface area contributed by atoms with Crippen molar-refractivity contribution < 1.29 is 9.53 Å². The van der Waals surface area contributed by atoms with Crippen LogP contribution in [0.3, 0.4) is 0 Å². The van der Waals surface area contributed by atoms with Crippen LogP contribution in [0.25, 0.3) is 11.3 Å². The van der Waals surface area contributed by atoms with Gasteiger partial charge in [-0.25, -0.2) is 4.98 Å². The lowest BCUT2D eigenvalue weighted by Crippen LogP contribution is -2.20. The van der Waals surface area contributed by atoms with E-state index < -0.39 is 0 Å². The summed E-state index contributed by atoms with van der Waals surface area (Å²) in [6, 6.07) is 13.3. The molecule has 0 aliphatic rings. The molecule has 2 aromatic carbocycles. The Balaban J connectivity index is 1.61. The maximum Gasteiger partial charge on any atom is 0.264 e. The highest BCUT2D eigenvalue weighted by Gasteiger charge is 2.10. The first kappa shape index (κ1) is 17.5. The summed E-state index contributed by atoms with van der Waals surface area (Å²) in [5, 5.41) is 5.88. The number of aromatic nitrogens is 1. The van der Waals surface area contributed by atoms with Crippen molar-refractivity contribution in [3.63, 3.8) is 0 Å². The summed E-state index contributed by atoms with van der Waals surface area (Å²) in [7, 11) is 0. The molecule has 0 saturated heterocycles. The van der Waals surface area contributed by atoms with Gasteiger partial charge in [-0.3, -0.25) is 10.1 Å². The number of nitrogens with one attached hydrogen (secondary N) is 1. The van der Waals surface area contributed by atoms with Gasteiger partial charge in [0.05, 0.1) is 5.69 Å². The molecule has 3 rings (SSSR count). The second-order valence-corrected chi connectivity index (χ2v) is 6.90. The quantitative estimate of drug-likeness (QED) is 0.678. The van der Waals surface area contributed by atoms with Gasteiger partial charge in [0.15, 0.2) is 11.7 Å². The minimum absolute atomic E-state index is 0.0540. The van der Waals surface area contributed by atoms with Crippen LogP contribution in [-0.4, -0.2) is 17.5 Å². The number of rotatable bonds is 5. The first-order valence-corrected chi connectivity index (χ1v) is 8.99. The highest BCUT2D eigenvalue weighted by atomic mass is 35.5. The van der Waals surface area contributed by atoms with E-state index in [4.69, 9.17) is 16.3 Å². The van der Waals surface area contributed by atoms with Gasteiger partial charge in [0.2, 0.25) is 0 Å². The Morgan fingerprint density at radius 3 is 2.52 bits per heavy atom. The number of para-hydroxylation sites is 1. The smallest absolute Gasteiger partial charge is 0.264 e. The Morgan fingerprint density at radius 1 is 1.16 bits per heavy atom. The second kappa shape index (κ2) is 7.68. The number of anilines is 1. The zero-order valence-corrected chi connectivity index (χ0v) is 15.4.